The second-order valence-corrected chi connectivity index (χ2v) is 7.47. The van der Waals surface area contributed by atoms with Crippen molar-refractivity contribution >= 4 is 11.9 Å². The summed E-state index contributed by atoms with van der Waals surface area (Å²) in [6, 6.07) is 10.2. The molecule has 0 bridgehead atoms. The van der Waals surface area contributed by atoms with Crippen LogP contribution in [0.4, 0.5) is 4.79 Å². The number of benzene rings is 1. The van der Waals surface area contributed by atoms with Crippen molar-refractivity contribution < 1.29 is 14.3 Å². The predicted octanol–water partition coefficient (Wildman–Crippen LogP) is 3.09. The monoisotopic (exact) mass is 332 g/mol. The second kappa shape index (κ2) is 7.34. The van der Waals surface area contributed by atoms with Crippen molar-refractivity contribution in [3.8, 4) is 0 Å². The fourth-order valence-corrected chi connectivity index (χ4v) is 3.02. The Morgan fingerprint density at radius 3 is 2.25 bits per heavy atom. The Balaban J connectivity index is 2.10. The molecule has 2 rings (SSSR count). The summed E-state index contributed by atoms with van der Waals surface area (Å²) in [6.45, 7) is 8.75. The Labute approximate surface area is 144 Å². The molecule has 1 aliphatic rings. The molecule has 1 aromatic carbocycles. The molecule has 0 aliphatic carbocycles. The number of nitrogens with zero attached hydrogens (tertiary/aromatic N) is 1. The Morgan fingerprint density at radius 1 is 1.17 bits per heavy atom. The number of nitrogens with one attached hydrogen (secondary N) is 1. The Hall–Kier alpha value is -1.88. The largest absolute Gasteiger partial charge is 0.444 e. The quantitative estimate of drug-likeness (QED) is 0.920. The fraction of sp³-hybridized carbons (Fsp3) is 0.579. The van der Waals surface area contributed by atoms with Gasteiger partial charge in [-0.25, -0.2) is 4.79 Å². The average Bonchev–Trinajstić information content (AvgIpc) is 2.52. The summed E-state index contributed by atoms with van der Waals surface area (Å²) in [4.78, 5) is 25.5. The van der Waals surface area contributed by atoms with Gasteiger partial charge in [0, 0.05) is 18.6 Å². The van der Waals surface area contributed by atoms with Crippen LogP contribution in [0.25, 0.3) is 0 Å². The lowest BCUT2D eigenvalue weighted by atomic mass is 9.80. The molecule has 1 aliphatic heterocycles. The van der Waals surface area contributed by atoms with Gasteiger partial charge in [0.05, 0.1) is 6.54 Å². The number of carbonyl (C=O) groups excluding carboxylic acids is 2. The van der Waals surface area contributed by atoms with Crippen LogP contribution in [0, 0.1) is 0 Å². The van der Waals surface area contributed by atoms with Crippen molar-refractivity contribution in [1.29, 1.82) is 0 Å². The van der Waals surface area contributed by atoms with E-state index in [9.17, 15) is 9.59 Å². The minimum Gasteiger partial charge on any atom is -0.444 e. The first-order valence-electron chi connectivity index (χ1n) is 8.50. The van der Waals surface area contributed by atoms with E-state index in [1.807, 2.05) is 39.0 Å². The molecule has 0 spiro atoms. The van der Waals surface area contributed by atoms with Crippen LogP contribution < -0.4 is 5.32 Å². The summed E-state index contributed by atoms with van der Waals surface area (Å²) < 4.78 is 5.46. The molecule has 1 fully saturated rings. The molecule has 1 aromatic rings. The van der Waals surface area contributed by atoms with Crippen LogP contribution in [0.15, 0.2) is 30.3 Å². The van der Waals surface area contributed by atoms with Crippen LogP contribution in [0.2, 0.25) is 0 Å². The number of rotatable bonds is 4. The molecule has 0 saturated carbocycles. The maximum absolute atomic E-state index is 12.3. The van der Waals surface area contributed by atoms with Crippen molar-refractivity contribution in [2.75, 3.05) is 19.6 Å². The number of ketones is 1. The maximum atomic E-state index is 12.3. The van der Waals surface area contributed by atoms with Gasteiger partial charge in [-0.1, -0.05) is 30.3 Å². The van der Waals surface area contributed by atoms with Crippen molar-refractivity contribution in [1.82, 2.24) is 10.2 Å². The molecular formula is C19H28N2O3. The number of likely N-dealkylation sites (tertiary alicyclic amines) is 1. The first-order valence-corrected chi connectivity index (χ1v) is 8.50. The smallest absolute Gasteiger partial charge is 0.410 e. The first-order chi connectivity index (χ1) is 11.2. The zero-order valence-corrected chi connectivity index (χ0v) is 15.1. The number of carbonyl (C=O) groups is 2. The lowest BCUT2D eigenvalue weighted by Gasteiger charge is -2.43. The van der Waals surface area contributed by atoms with E-state index in [1.165, 1.54) is 0 Å². The summed E-state index contributed by atoms with van der Waals surface area (Å²) >= 11 is 0. The summed E-state index contributed by atoms with van der Waals surface area (Å²) in [5, 5.41) is 3.43. The molecule has 1 saturated heterocycles. The molecule has 0 unspecified atom stereocenters. The molecule has 1 N–H and O–H groups in total. The van der Waals surface area contributed by atoms with Gasteiger partial charge in [0.2, 0.25) is 0 Å². The number of hydrogen-bond acceptors (Lipinski definition) is 4. The van der Waals surface area contributed by atoms with E-state index in [0.29, 0.717) is 19.6 Å². The van der Waals surface area contributed by atoms with Crippen LogP contribution >= 0.6 is 0 Å². The standard InChI is InChI=1S/C19H28N2O3/c1-15(22)14-20-19(16-8-6-5-7-9-16)10-12-21(13-11-19)17(23)24-18(2,3)4/h5-9,20H,10-14H2,1-4H3. The average molecular weight is 332 g/mol. The molecule has 1 heterocycles. The van der Waals surface area contributed by atoms with Gasteiger partial charge >= 0.3 is 6.09 Å². The minimum absolute atomic E-state index is 0.111. The van der Waals surface area contributed by atoms with E-state index in [0.717, 1.165) is 18.4 Å². The van der Waals surface area contributed by atoms with E-state index in [2.05, 4.69) is 17.4 Å². The molecule has 0 aromatic heterocycles. The summed E-state index contributed by atoms with van der Waals surface area (Å²) in [6.07, 6.45) is 1.24. The normalized spacial score (nSPS) is 17.4. The zero-order valence-electron chi connectivity index (χ0n) is 15.1. The summed E-state index contributed by atoms with van der Waals surface area (Å²) in [5.41, 5.74) is 0.402. The van der Waals surface area contributed by atoms with Gasteiger partial charge < -0.3 is 15.0 Å². The van der Waals surface area contributed by atoms with Gasteiger partial charge in [-0.05, 0) is 46.1 Å². The number of piperidine rings is 1. The molecule has 132 valence electrons. The molecule has 0 radical (unpaired) electrons. The highest BCUT2D eigenvalue weighted by Crippen LogP contribution is 2.33. The van der Waals surface area contributed by atoms with Crippen molar-refractivity contribution in [2.45, 2.75) is 51.7 Å². The second-order valence-electron chi connectivity index (χ2n) is 7.47. The lowest BCUT2D eigenvalue weighted by molar-refractivity contribution is -0.116. The number of amides is 1. The highest BCUT2D eigenvalue weighted by molar-refractivity contribution is 5.77. The van der Waals surface area contributed by atoms with Crippen molar-refractivity contribution in [3.05, 3.63) is 35.9 Å². The Kier molecular flexibility index (Phi) is 5.65. The van der Waals surface area contributed by atoms with E-state index < -0.39 is 5.60 Å². The van der Waals surface area contributed by atoms with Crippen LogP contribution in [0.5, 0.6) is 0 Å². The third kappa shape index (κ3) is 4.81. The highest BCUT2D eigenvalue weighted by Gasteiger charge is 2.38. The van der Waals surface area contributed by atoms with Crippen molar-refractivity contribution in [3.63, 3.8) is 0 Å². The van der Waals surface area contributed by atoms with Gasteiger partial charge in [0.15, 0.2) is 0 Å². The molecular weight excluding hydrogens is 304 g/mol. The Morgan fingerprint density at radius 2 is 1.75 bits per heavy atom. The van der Waals surface area contributed by atoms with Crippen LogP contribution in [-0.2, 0) is 15.1 Å². The summed E-state index contributed by atoms with van der Waals surface area (Å²) in [7, 11) is 0. The van der Waals surface area contributed by atoms with Crippen LogP contribution in [-0.4, -0.2) is 42.0 Å². The van der Waals surface area contributed by atoms with E-state index in [1.54, 1.807) is 11.8 Å². The van der Waals surface area contributed by atoms with E-state index in [-0.39, 0.29) is 17.4 Å². The zero-order chi connectivity index (χ0) is 17.8. The highest BCUT2D eigenvalue weighted by atomic mass is 16.6. The van der Waals surface area contributed by atoms with Gasteiger partial charge in [0.25, 0.3) is 0 Å². The first kappa shape index (κ1) is 18.5. The SMILES string of the molecule is CC(=O)CNC1(c2ccccc2)CCN(C(=O)OC(C)(C)C)CC1. The fourth-order valence-electron chi connectivity index (χ4n) is 3.02. The van der Waals surface area contributed by atoms with E-state index >= 15 is 0 Å². The molecule has 1 amide bonds. The summed E-state index contributed by atoms with van der Waals surface area (Å²) in [5.74, 6) is 0.111. The molecule has 5 heteroatoms. The Bertz CT molecular complexity index is 570. The number of ether oxygens (including phenoxy) is 1. The minimum atomic E-state index is -0.488. The van der Waals surface area contributed by atoms with Crippen LogP contribution in [0.3, 0.4) is 0 Å². The van der Waals surface area contributed by atoms with Gasteiger partial charge in [-0.15, -0.1) is 0 Å². The van der Waals surface area contributed by atoms with Gasteiger partial charge in [0.1, 0.15) is 11.4 Å². The number of Topliss-reactive ketones (excluding diaryl/α,β-unsaturated/α-hetero) is 1. The predicted molar refractivity (Wildman–Crippen MR) is 93.8 cm³/mol. The maximum Gasteiger partial charge on any atom is 0.410 e. The third-order valence-corrected chi connectivity index (χ3v) is 4.27. The van der Waals surface area contributed by atoms with Crippen molar-refractivity contribution in [2.24, 2.45) is 0 Å². The lowest BCUT2D eigenvalue weighted by Crippen LogP contribution is -2.53. The van der Waals surface area contributed by atoms with E-state index in [4.69, 9.17) is 4.74 Å². The molecule has 24 heavy (non-hydrogen) atoms. The topological polar surface area (TPSA) is 58.6 Å². The van der Waals surface area contributed by atoms with Crippen LogP contribution in [0.1, 0.15) is 46.1 Å². The molecule has 0 atom stereocenters. The molecule has 5 nitrogen and oxygen atoms in total. The number of hydrogen-bond donors (Lipinski definition) is 1. The third-order valence-electron chi connectivity index (χ3n) is 4.27. The van der Waals surface area contributed by atoms with Gasteiger partial charge in [-0.3, -0.25) is 4.79 Å². The van der Waals surface area contributed by atoms with Gasteiger partial charge in [-0.2, -0.15) is 0 Å².